The fraction of sp³-hybridized carbons (Fsp3) is 0.400. The van der Waals surface area contributed by atoms with Crippen LogP contribution in [0.5, 0.6) is 0 Å². The molecule has 0 radical (unpaired) electrons. The minimum absolute atomic E-state index is 0.170. The fourth-order valence-corrected chi connectivity index (χ4v) is 3.16. The molecule has 0 saturated carbocycles. The SMILES string of the molecule is O=C(NCc1ccoc1)NC(CN1CCCCCC1=O)c1ccccc1. The van der Waals surface area contributed by atoms with Crippen molar-refractivity contribution in [2.45, 2.75) is 38.3 Å². The maximum absolute atomic E-state index is 12.4. The van der Waals surface area contributed by atoms with Gasteiger partial charge in [0.15, 0.2) is 0 Å². The first-order chi connectivity index (χ1) is 12.7. The zero-order valence-corrected chi connectivity index (χ0v) is 14.8. The van der Waals surface area contributed by atoms with Gasteiger partial charge in [-0.05, 0) is 24.5 Å². The van der Waals surface area contributed by atoms with E-state index in [1.165, 1.54) is 0 Å². The molecule has 138 valence electrons. The van der Waals surface area contributed by atoms with E-state index in [1.807, 2.05) is 41.3 Å². The van der Waals surface area contributed by atoms with Gasteiger partial charge in [-0.15, -0.1) is 0 Å². The van der Waals surface area contributed by atoms with Crippen LogP contribution >= 0.6 is 0 Å². The van der Waals surface area contributed by atoms with Crippen molar-refractivity contribution in [3.05, 3.63) is 60.1 Å². The van der Waals surface area contributed by atoms with Crippen molar-refractivity contribution in [3.8, 4) is 0 Å². The van der Waals surface area contributed by atoms with Crippen LogP contribution < -0.4 is 10.6 Å². The van der Waals surface area contributed by atoms with Crippen molar-refractivity contribution < 1.29 is 14.0 Å². The van der Waals surface area contributed by atoms with Gasteiger partial charge >= 0.3 is 6.03 Å². The number of rotatable bonds is 6. The Bertz CT molecular complexity index is 700. The lowest BCUT2D eigenvalue weighted by Gasteiger charge is -2.27. The maximum atomic E-state index is 12.4. The quantitative estimate of drug-likeness (QED) is 0.835. The Morgan fingerprint density at radius 1 is 1.15 bits per heavy atom. The zero-order valence-electron chi connectivity index (χ0n) is 14.8. The van der Waals surface area contributed by atoms with Crippen molar-refractivity contribution in [3.63, 3.8) is 0 Å². The van der Waals surface area contributed by atoms with Gasteiger partial charge in [0, 0.05) is 31.6 Å². The maximum Gasteiger partial charge on any atom is 0.315 e. The lowest BCUT2D eigenvalue weighted by molar-refractivity contribution is -0.131. The Kier molecular flexibility index (Phi) is 6.30. The summed E-state index contributed by atoms with van der Waals surface area (Å²) in [7, 11) is 0. The van der Waals surface area contributed by atoms with Crippen LogP contribution in [0, 0.1) is 0 Å². The van der Waals surface area contributed by atoms with Crippen LogP contribution in [0.15, 0.2) is 53.3 Å². The van der Waals surface area contributed by atoms with Crippen LogP contribution in [0.1, 0.15) is 42.9 Å². The molecule has 1 aliphatic heterocycles. The van der Waals surface area contributed by atoms with Crippen LogP contribution in [-0.4, -0.2) is 29.9 Å². The molecule has 1 aromatic carbocycles. The molecule has 2 N–H and O–H groups in total. The zero-order chi connectivity index (χ0) is 18.2. The molecule has 0 spiro atoms. The van der Waals surface area contributed by atoms with E-state index in [9.17, 15) is 9.59 Å². The standard InChI is InChI=1S/C20H25N3O3/c24-19-9-5-2-6-11-23(19)14-18(17-7-3-1-4-8-17)22-20(25)21-13-16-10-12-26-15-16/h1,3-4,7-8,10,12,15,18H,2,5-6,9,11,13-14H2,(H2,21,22,25). The monoisotopic (exact) mass is 355 g/mol. The van der Waals surface area contributed by atoms with Gasteiger partial charge in [-0.2, -0.15) is 0 Å². The van der Waals surface area contributed by atoms with Gasteiger partial charge in [0.1, 0.15) is 0 Å². The van der Waals surface area contributed by atoms with E-state index in [1.54, 1.807) is 12.5 Å². The Morgan fingerprint density at radius 3 is 2.77 bits per heavy atom. The lowest BCUT2D eigenvalue weighted by Crippen LogP contribution is -2.44. The Balaban J connectivity index is 1.65. The molecule has 0 bridgehead atoms. The normalized spacial score (nSPS) is 16.0. The molecule has 1 atom stereocenters. The number of furan rings is 1. The summed E-state index contributed by atoms with van der Waals surface area (Å²) in [4.78, 5) is 26.6. The highest BCUT2D eigenvalue weighted by molar-refractivity contribution is 5.77. The molecule has 1 aromatic heterocycles. The third kappa shape index (κ3) is 5.12. The molecule has 2 aromatic rings. The number of carbonyl (C=O) groups excluding carboxylic acids is 2. The third-order valence-corrected chi connectivity index (χ3v) is 4.61. The summed E-state index contributed by atoms with van der Waals surface area (Å²) in [5.74, 6) is 0.170. The highest BCUT2D eigenvalue weighted by atomic mass is 16.3. The molecule has 3 rings (SSSR count). The number of urea groups is 1. The molecule has 1 aliphatic rings. The number of amides is 3. The first-order valence-electron chi connectivity index (χ1n) is 9.10. The molecular weight excluding hydrogens is 330 g/mol. The predicted octanol–water partition coefficient (Wildman–Crippen LogP) is 3.22. The van der Waals surface area contributed by atoms with Gasteiger partial charge < -0.3 is 20.0 Å². The van der Waals surface area contributed by atoms with Gasteiger partial charge in [0.05, 0.1) is 18.6 Å². The highest BCUT2D eigenvalue weighted by Gasteiger charge is 2.23. The van der Waals surface area contributed by atoms with Crippen LogP contribution in [0.2, 0.25) is 0 Å². The topological polar surface area (TPSA) is 74.6 Å². The number of hydrogen-bond acceptors (Lipinski definition) is 3. The van der Waals surface area contributed by atoms with Gasteiger partial charge in [0.25, 0.3) is 0 Å². The van der Waals surface area contributed by atoms with Crippen molar-refractivity contribution in [1.29, 1.82) is 0 Å². The van der Waals surface area contributed by atoms with Crippen LogP contribution in [0.25, 0.3) is 0 Å². The van der Waals surface area contributed by atoms with E-state index in [-0.39, 0.29) is 18.0 Å². The van der Waals surface area contributed by atoms with E-state index in [0.717, 1.165) is 36.9 Å². The molecular formula is C20H25N3O3. The average Bonchev–Trinajstić information content (AvgIpc) is 3.10. The predicted molar refractivity (Wildman–Crippen MR) is 98.3 cm³/mol. The molecule has 0 aliphatic carbocycles. The van der Waals surface area contributed by atoms with Crippen molar-refractivity contribution in [1.82, 2.24) is 15.5 Å². The lowest BCUT2D eigenvalue weighted by atomic mass is 10.1. The van der Waals surface area contributed by atoms with Gasteiger partial charge in [-0.3, -0.25) is 4.79 Å². The first-order valence-corrected chi connectivity index (χ1v) is 9.10. The largest absolute Gasteiger partial charge is 0.472 e. The summed E-state index contributed by atoms with van der Waals surface area (Å²) < 4.78 is 5.01. The number of nitrogens with one attached hydrogen (secondary N) is 2. The van der Waals surface area contributed by atoms with Gasteiger partial charge in [-0.25, -0.2) is 4.79 Å². The molecule has 1 fully saturated rings. The highest BCUT2D eigenvalue weighted by Crippen LogP contribution is 2.18. The summed E-state index contributed by atoms with van der Waals surface area (Å²) in [5.41, 5.74) is 1.89. The van der Waals surface area contributed by atoms with Gasteiger partial charge in [-0.1, -0.05) is 36.8 Å². The summed E-state index contributed by atoms with van der Waals surface area (Å²) in [6.45, 7) is 1.63. The number of hydrogen-bond donors (Lipinski definition) is 2. The summed E-state index contributed by atoms with van der Waals surface area (Å²) >= 11 is 0. The molecule has 6 heteroatoms. The molecule has 26 heavy (non-hydrogen) atoms. The van der Waals surface area contributed by atoms with Crippen molar-refractivity contribution in [2.24, 2.45) is 0 Å². The average molecular weight is 355 g/mol. The smallest absolute Gasteiger partial charge is 0.315 e. The number of benzene rings is 1. The molecule has 6 nitrogen and oxygen atoms in total. The second kappa shape index (κ2) is 9.08. The molecule has 1 unspecified atom stereocenters. The van der Waals surface area contributed by atoms with Crippen LogP contribution in [0.3, 0.4) is 0 Å². The molecule has 1 saturated heterocycles. The summed E-state index contributed by atoms with van der Waals surface area (Å²) in [5, 5.41) is 5.84. The van der Waals surface area contributed by atoms with Gasteiger partial charge in [0.2, 0.25) is 5.91 Å². The van der Waals surface area contributed by atoms with Crippen molar-refractivity contribution >= 4 is 11.9 Å². The van der Waals surface area contributed by atoms with E-state index < -0.39 is 0 Å². The van der Waals surface area contributed by atoms with E-state index in [0.29, 0.717) is 19.5 Å². The second-order valence-corrected chi connectivity index (χ2v) is 6.57. The summed E-state index contributed by atoms with van der Waals surface area (Å²) in [6, 6.07) is 11.1. The van der Waals surface area contributed by atoms with E-state index in [4.69, 9.17) is 4.42 Å². The summed E-state index contributed by atoms with van der Waals surface area (Å²) in [6.07, 6.45) is 6.81. The number of nitrogens with zero attached hydrogens (tertiary/aromatic N) is 1. The first kappa shape index (κ1) is 18.0. The number of carbonyl (C=O) groups is 2. The fourth-order valence-electron chi connectivity index (χ4n) is 3.16. The Labute approximate surface area is 153 Å². The second-order valence-electron chi connectivity index (χ2n) is 6.57. The van der Waals surface area contributed by atoms with Crippen LogP contribution in [-0.2, 0) is 11.3 Å². The van der Waals surface area contributed by atoms with Crippen LogP contribution in [0.4, 0.5) is 4.79 Å². The number of likely N-dealkylation sites (tertiary alicyclic amines) is 1. The minimum Gasteiger partial charge on any atom is -0.472 e. The Hall–Kier alpha value is -2.76. The van der Waals surface area contributed by atoms with E-state index in [2.05, 4.69) is 10.6 Å². The van der Waals surface area contributed by atoms with E-state index >= 15 is 0 Å². The van der Waals surface area contributed by atoms with Crippen molar-refractivity contribution in [2.75, 3.05) is 13.1 Å². The minimum atomic E-state index is -0.262. The molecule has 2 heterocycles. The third-order valence-electron chi connectivity index (χ3n) is 4.61. The molecule has 3 amide bonds. The Morgan fingerprint density at radius 2 is 2.00 bits per heavy atom.